The molecule has 7 nitrogen and oxygen atoms in total. The van der Waals surface area contributed by atoms with Crippen molar-refractivity contribution in [2.24, 2.45) is 0 Å². The molecule has 0 bridgehead atoms. The molecule has 1 N–H and O–H groups in total. The number of carbonyl (C=O) groups excluding carboxylic acids is 1. The normalized spacial score (nSPS) is 12.3. The van der Waals surface area contributed by atoms with Crippen molar-refractivity contribution in [2.45, 2.75) is 30.1 Å². The van der Waals surface area contributed by atoms with Crippen LogP contribution in [0.1, 0.15) is 18.6 Å². The molecule has 9 heteroatoms. The first kappa shape index (κ1) is 14.9. The van der Waals surface area contributed by atoms with Gasteiger partial charge in [-0.2, -0.15) is 11.8 Å². The van der Waals surface area contributed by atoms with Crippen molar-refractivity contribution >= 4 is 35.2 Å². The van der Waals surface area contributed by atoms with Gasteiger partial charge in [0.25, 0.3) is 5.22 Å². The molecule has 2 aromatic rings. The van der Waals surface area contributed by atoms with Crippen molar-refractivity contribution in [1.82, 2.24) is 15.4 Å². The van der Waals surface area contributed by atoms with E-state index in [1.807, 2.05) is 6.26 Å². The molecule has 0 aliphatic rings. The van der Waals surface area contributed by atoms with E-state index in [0.717, 1.165) is 0 Å². The standard InChI is InChI=1S/C11H14N4O3S2/c1-6-4-8(15-18-6)12-10(16)7(2)20-11-14-13-9(17-11)5-19-3/h4,7H,5H2,1-3H3,(H,12,15,16)/t7-/m1/s1. The smallest absolute Gasteiger partial charge is 0.277 e. The predicted molar refractivity (Wildman–Crippen MR) is 76.7 cm³/mol. The minimum absolute atomic E-state index is 0.201. The van der Waals surface area contributed by atoms with Crippen LogP contribution in [0.3, 0.4) is 0 Å². The van der Waals surface area contributed by atoms with Gasteiger partial charge in [0, 0.05) is 6.07 Å². The van der Waals surface area contributed by atoms with Crippen LogP contribution < -0.4 is 5.32 Å². The van der Waals surface area contributed by atoms with Gasteiger partial charge >= 0.3 is 0 Å². The first-order valence-electron chi connectivity index (χ1n) is 5.80. The molecule has 20 heavy (non-hydrogen) atoms. The molecular weight excluding hydrogens is 300 g/mol. The number of nitrogens with one attached hydrogen (secondary N) is 1. The van der Waals surface area contributed by atoms with Crippen molar-refractivity contribution in [3.05, 3.63) is 17.7 Å². The van der Waals surface area contributed by atoms with Crippen LogP contribution >= 0.6 is 23.5 Å². The van der Waals surface area contributed by atoms with Crippen molar-refractivity contribution < 1.29 is 13.7 Å². The Bertz CT molecular complexity index is 584. The molecule has 2 aromatic heterocycles. The summed E-state index contributed by atoms with van der Waals surface area (Å²) in [6.07, 6.45) is 1.95. The fraction of sp³-hybridized carbons (Fsp3) is 0.455. The van der Waals surface area contributed by atoms with Crippen molar-refractivity contribution in [1.29, 1.82) is 0 Å². The summed E-state index contributed by atoms with van der Waals surface area (Å²) in [4.78, 5) is 12.0. The largest absolute Gasteiger partial charge is 0.415 e. The van der Waals surface area contributed by atoms with Crippen LogP contribution in [-0.4, -0.2) is 32.8 Å². The molecule has 1 atom stereocenters. The Balaban J connectivity index is 1.89. The lowest BCUT2D eigenvalue weighted by atomic mass is 10.4. The van der Waals surface area contributed by atoms with Gasteiger partial charge in [-0.25, -0.2) is 0 Å². The second-order valence-electron chi connectivity index (χ2n) is 3.97. The molecule has 0 fully saturated rings. The van der Waals surface area contributed by atoms with E-state index in [-0.39, 0.29) is 11.2 Å². The summed E-state index contributed by atoms with van der Waals surface area (Å²) in [6, 6.07) is 1.65. The van der Waals surface area contributed by atoms with Crippen LogP contribution in [0.5, 0.6) is 0 Å². The number of anilines is 1. The third kappa shape index (κ3) is 4.01. The summed E-state index contributed by atoms with van der Waals surface area (Å²) in [5.41, 5.74) is 0. The van der Waals surface area contributed by atoms with E-state index in [1.165, 1.54) is 11.8 Å². The van der Waals surface area contributed by atoms with Crippen LogP contribution in [0.4, 0.5) is 5.82 Å². The van der Waals surface area contributed by atoms with Gasteiger partial charge in [0.1, 0.15) is 5.76 Å². The maximum Gasteiger partial charge on any atom is 0.277 e. The molecular formula is C11H14N4O3S2. The van der Waals surface area contributed by atoms with E-state index in [2.05, 4.69) is 20.7 Å². The van der Waals surface area contributed by atoms with Gasteiger partial charge in [-0.05, 0) is 20.1 Å². The van der Waals surface area contributed by atoms with Crippen LogP contribution in [0.2, 0.25) is 0 Å². The Morgan fingerprint density at radius 3 is 2.95 bits per heavy atom. The van der Waals surface area contributed by atoms with E-state index in [9.17, 15) is 4.79 Å². The Morgan fingerprint density at radius 1 is 1.50 bits per heavy atom. The minimum Gasteiger partial charge on any atom is -0.415 e. The average molecular weight is 314 g/mol. The van der Waals surface area contributed by atoms with Crippen LogP contribution in [-0.2, 0) is 10.5 Å². The maximum atomic E-state index is 12.0. The molecule has 0 saturated heterocycles. The molecule has 1 amide bonds. The number of aryl methyl sites for hydroxylation is 1. The van der Waals surface area contributed by atoms with Gasteiger partial charge in [0.05, 0.1) is 11.0 Å². The molecule has 2 rings (SSSR count). The van der Waals surface area contributed by atoms with E-state index in [4.69, 9.17) is 8.94 Å². The molecule has 0 spiro atoms. The number of nitrogens with zero attached hydrogens (tertiary/aromatic N) is 3. The maximum absolute atomic E-state index is 12.0. The summed E-state index contributed by atoms with van der Waals surface area (Å²) in [5, 5.41) is 14.1. The summed E-state index contributed by atoms with van der Waals surface area (Å²) in [6.45, 7) is 3.51. The molecule has 0 unspecified atom stereocenters. The van der Waals surface area contributed by atoms with Gasteiger partial charge in [-0.15, -0.1) is 10.2 Å². The molecule has 108 valence electrons. The van der Waals surface area contributed by atoms with Crippen molar-refractivity contribution in [3.63, 3.8) is 0 Å². The van der Waals surface area contributed by atoms with E-state index in [1.54, 1.807) is 31.7 Å². The van der Waals surface area contributed by atoms with Gasteiger partial charge in [0.15, 0.2) is 5.82 Å². The highest BCUT2D eigenvalue weighted by Gasteiger charge is 2.19. The lowest BCUT2D eigenvalue weighted by molar-refractivity contribution is -0.115. The monoisotopic (exact) mass is 314 g/mol. The minimum atomic E-state index is -0.380. The van der Waals surface area contributed by atoms with Crippen LogP contribution in [0, 0.1) is 6.92 Å². The zero-order chi connectivity index (χ0) is 14.5. The van der Waals surface area contributed by atoms with E-state index in [0.29, 0.717) is 28.4 Å². The highest BCUT2D eigenvalue weighted by atomic mass is 32.2. The number of amides is 1. The Labute approximate surface area is 124 Å². The SMILES string of the molecule is CSCc1nnc(S[C@H](C)C(=O)Nc2cc(C)on2)o1. The quantitative estimate of drug-likeness (QED) is 0.812. The second-order valence-corrected chi connectivity index (χ2v) is 6.12. The Morgan fingerprint density at radius 2 is 2.30 bits per heavy atom. The number of thioether (sulfide) groups is 2. The van der Waals surface area contributed by atoms with Gasteiger partial charge in [0.2, 0.25) is 11.8 Å². The summed E-state index contributed by atoms with van der Waals surface area (Å²) in [5.74, 6) is 2.05. The third-order valence-corrected chi connectivity index (χ3v) is 3.71. The third-order valence-electron chi connectivity index (χ3n) is 2.24. The first-order valence-corrected chi connectivity index (χ1v) is 8.08. The number of aromatic nitrogens is 3. The first-order chi connectivity index (χ1) is 9.58. The van der Waals surface area contributed by atoms with Crippen LogP contribution in [0.15, 0.2) is 20.2 Å². The lowest BCUT2D eigenvalue weighted by Gasteiger charge is -2.06. The van der Waals surface area contributed by atoms with Gasteiger partial charge < -0.3 is 14.3 Å². The van der Waals surface area contributed by atoms with Gasteiger partial charge in [-0.3, -0.25) is 4.79 Å². The topological polar surface area (TPSA) is 94.1 Å². The number of hydrogen-bond acceptors (Lipinski definition) is 8. The molecule has 0 aromatic carbocycles. The summed E-state index contributed by atoms with van der Waals surface area (Å²) < 4.78 is 10.3. The zero-order valence-corrected chi connectivity index (χ0v) is 12.9. The fourth-order valence-corrected chi connectivity index (χ4v) is 2.39. The predicted octanol–water partition coefficient (Wildman–Crippen LogP) is 2.35. The summed E-state index contributed by atoms with van der Waals surface area (Å²) >= 11 is 2.80. The van der Waals surface area contributed by atoms with E-state index >= 15 is 0 Å². The zero-order valence-electron chi connectivity index (χ0n) is 11.2. The summed E-state index contributed by atoms with van der Waals surface area (Å²) in [7, 11) is 0. The highest BCUT2D eigenvalue weighted by molar-refractivity contribution is 8.00. The van der Waals surface area contributed by atoms with Crippen molar-refractivity contribution in [3.8, 4) is 0 Å². The van der Waals surface area contributed by atoms with E-state index < -0.39 is 0 Å². The molecule has 0 saturated carbocycles. The number of carbonyl (C=O) groups is 1. The molecule has 0 aliphatic heterocycles. The molecule has 0 aliphatic carbocycles. The van der Waals surface area contributed by atoms with Crippen LogP contribution in [0.25, 0.3) is 0 Å². The average Bonchev–Trinajstić information content (AvgIpc) is 2.99. The fourth-order valence-electron chi connectivity index (χ4n) is 1.33. The molecule has 2 heterocycles. The Hall–Kier alpha value is -1.48. The second kappa shape index (κ2) is 6.80. The molecule has 0 radical (unpaired) electrons. The lowest BCUT2D eigenvalue weighted by Crippen LogP contribution is -2.22. The van der Waals surface area contributed by atoms with Gasteiger partial charge in [-0.1, -0.05) is 16.9 Å². The van der Waals surface area contributed by atoms with Crippen molar-refractivity contribution in [2.75, 3.05) is 11.6 Å². The highest BCUT2D eigenvalue weighted by Crippen LogP contribution is 2.23. The number of hydrogen-bond donors (Lipinski definition) is 1. The Kier molecular flexibility index (Phi) is 5.07. The number of rotatable bonds is 6.